The zero-order valence-corrected chi connectivity index (χ0v) is 16.0. The van der Waals surface area contributed by atoms with Crippen molar-refractivity contribution >= 4 is 11.6 Å². The maximum absolute atomic E-state index is 11.0. The van der Waals surface area contributed by atoms with Crippen molar-refractivity contribution in [2.45, 2.75) is 39.3 Å². The van der Waals surface area contributed by atoms with Crippen molar-refractivity contribution in [2.75, 3.05) is 18.5 Å². The highest BCUT2D eigenvalue weighted by Gasteiger charge is 2.21. The second-order valence-electron chi connectivity index (χ2n) is 7.19. The third-order valence-electron chi connectivity index (χ3n) is 4.43. The van der Waals surface area contributed by atoms with Crippen LogP contribution in [-0.2, 0) is 11.4 Å². The highest BCUT2D eigenvalue weighted by atomic mass is 16.5. The van der Waals surface area contributed by atoms with Crippen LogP contribution in [0.4, 0.5) is 5.69 Å². The van der Waals surface area contributed by atoms with E-state index in [1.165, 1.54) is 19.8 Å². The fraction of sp³-hybridized carbons (Fsp3) is 0.409. The van der Waals surface area contributed by atoms with Gasteiger partial charge in [0.1, 0.15) is 18.1 Å². The van der Waals surface area contributed by atoms with Gasteiger partial charge in [0.2, 0.25) is 5.91 Å². The molecule has 2 aromatic carbocycles. The summed E-state index contributed by atoms with van der Waals surface area (Å²) in [7, 11) is 0. The van der Waals surface area contributed by atoms with Crippen molar-refractivity contribution in [3.05, 3.63) is 54.1 Å². The van der Waals surface area contributed by atoms with Crippen molar-refractivity contribution in [3.8, 4) is 11.5 Å². The second-order valence-corrected chi connectivity index (χ2v) is 7.19. The fourth-order valence-corrected chi connectivity index (χ4v) is 2.69. The molecule has 0 unspecified atom stereocenters. The van der Waals surface area contributed by atoms with E-state index in [4.69, 9.17) is 9.47 Å². The smallest absolute Gasteiger partial charge is 0.217 e. The molecule has 0 saturated heterocycles. The van der Waals surface area contributed by atoms with E-state index >= 15 is 0 Å². The summed E-state index contributed by atoms with van der Waals surface area (Å²) in [6.07, 6.45) is 2.60. The number of carbonyl (C=O) groups is 1. The minimum atomic E-state index is -0.0180. The molecule has 27 heavy (non-hydrogen) atoms. The largest absolute Gasteiger partial charge is 0.493 e. The van der Waals surface area contributed by atoms with Crippen molar-refractivity contribution < 1.29 is 14.3 Å². The molecule has 1 atom stereocenters. The van der Waals surface area contributed by atoms with Crippen LogP contribution in [0.3, 0.4) is 0 Å². The molecule has 0 heterocycles. The Morgan fingerprint density at radius 3 is 2.30 bits per heavy atom. The van der Waals surface area contributed by atoms with E-state index in [0.29, 0.717) is 13.2 Å². The third-order valence-corrected chi connectivity index (χ3v) is 4.43. The number of ether oxygens (including phenoxy) is 2. The van der Waals surface area contributed by atoms with Crippen LogP contribution in [-0.4, -0.2) is 25.1 Å². The Hall–Kier alpha value is -2.69. The summed E-state index contributed by atoms with van der Waals surface area (Å²) in [6, 6.07) is 16.0. The quantitative estimate of drug-likeness (QED) is 0.666. The maximum atomic E-state index is 11.0. The van der Waals surface area contributed by atoms with Gasteiger partial charge in [0.05, 0.1) is 6.61 Å². The van der Waals surface area contributed by atoms with E-state index in [1.54, 1.807) is 0 Å². The summed E-state index contributed by atoms with van der Waals surface area (Å²) in [4.78, 5) is 11.0. The number of anilines is 1. The van der Waals surface area contributed by atoms with Gasteiger partial charge in [0, 0.05) is 25.2 Å². The Bertz CT molecular complexity index is 724. The summed E-state index contributed by atoms with van der Waals surface area (Å²) in [6.45, 7) is 5.52. The first-order valence-electron chi connectivity index (χ1n) is 9.54. The second kappa shape index (κ2) is 9.31. The van der Waals surface area contributed by atoms with Crippen LogP contribution < -0.4 is 20.1 Å². The van der Waals surface area contributed by atoms with Crippen LogP contribution in [0.2, 0.25) is 0 Å². The normalized spacial score (nSPS) is 14.3. The van der Waals surface area contributed by atoms with Crippen molar-refractivity contribution in [1.82, 2.24) is 5.32 Å². The first kappa shape index (κ1) is 19.1. The van der Waals surface area contributed by atoms with Gasteiger partial charge in [0.15, 0.2) is 0 Å². The zero-order chi connectivity index (χ0) is 19.1. The van der Waals surface area contributed by atoms with E-state index < -0.39 is 0 Å². The first-order chi connectivity index (χ1) is 13.1. The highest BCUT2D eigenvalue weighted by molar-refractivity contribution is 5.73. The molecule has 1 amide bonds. The summed E-state index contributed by atoms with van der Waals surface area (Å²) in [5.74, 6) is 2.49. The first-order valence-corrected chi connectivity index (χ1v) is 9.54. The maximum Gasteiger partial charge on any atom is 0.217 e. The van der Waals surface area contributed by atoms with Crippen LogP contribution in [0, 0.1) is 5.92 Å². The monoisotopic (exact) mass is 368 g/mol. The lowest BCUT2D eigenvalue weighted by molar-refractivity contribution is -0.119. The Labute approximate surface area is 161 Å². The zero-order valence-electron chi connectivity index (χ0n) is 16.0. The average Bonchev–Trinajstić information content (AvgIpc) is 3.49. The van der Waals surface area contributed by atoms with E-state index in [0.717, 1.165) is 35.3 Å². The van der Waals surface area contributed by atoms with E-state index in [9.17, 15) is 4.79 Å². The van der Waals surface area contributed by atoms with Crippen LogP contribution >= 0.6 is 0 Å². The number of carbonyl (C=O) groups excluding carboxylic acids is 1. The van der Waals surface area contributed by atoms with Crippen molar-refractivity contribution in [1.29, 1.82) is 0 Å². The summed E-state index contributed by atoms with van der Waals surface area (Å²) < 4.78 is 11.6. The van der Waals surface area contributed by atoms with Gasteiger partial charge in [0.25, 0.3) is 0 Å². The molecule has 5 heteroatoms. The van der Waals surface area contributed by atoms with Crippen molar-refractivity contribution in [2.24, 2.45) is 5.92 Å². The van der Waals surface area contributed by atoms with Gasteiger partial charge in [-0.3, -0.25) is 4.79 Å². The predicted octanol–water partition coefficient (Wildman–Crippen LogP) is 3.99. The van der Waals surface area contributed by atoms with Gasteiger partial charge in [-0.25, -0.2) is 0 Å². The summed E-state index contributed by atoms with van der Waals surface area (Å²) >= 11 is 0. The highest BCUT2D eigenvalue weighted by Crippen LogP contribution is 2.29. The molecule has 1 aliphatic rings. The number of hydrogen-bond acceptors (Lipinski definition) is 4. The van der Waals surface area contributed by atoms with Gasteiger partial charge in [-0.05, 0) is 67.6 Å². The van der Waals surface area contributed by atoms with Gasteiger partial charge in [-0.2, -0.15) is 0 Å². The lowest BCUT2D eigenvalue weighted by atomic mass is 10.2. The van der Waals surface area contributed by atoms with E-state index in [-0.39, 0.29) is 11.9 Å². The third kappa shape index (κ3) is 6.85. The van der Waals surface area contributed by atoms with Gasteiger partial charge < -0.3 is 20.1 Å². The lowest BCUT2D eigenvalue weighted by Gasteiger charge is -2.14. The molecule has 0 radical (unpaired) electrons. The Morgan fingerprint density at radius 2 is 1.67 bits per heavy atom. The number of amides is 1. The van der Waals surface area contributed by atoms with Crippen molar-refractivity contribution in [3.63, 3.8) is 0 Å². The molecule has 3 rings (SSSR count). The molecule has 0 spiro atoms. The molecule has 0 aromatic heterocycles. The van der Waals surface area contributed by atoms with Crippen LogP contribution in [0.1, 0.15) is 32.3 Å². The molecular formula is C22H28N2O3. The van der Waals surface area contributed by atoms with Gasteiger partial charge in [-0.15, -0.1) is 0 Å². The molecule has 1 fully saturated rings. The molecule has 0 aliphatic heterocycles. The Kier molecular flexibility index (Phi) is 6.58. The number of benzene rings is 2. The molecule has 2 aromatic rings. The van der Waals surface area contributed by atoms with Crippen LogP contribution in [0.5, 0.6) is 11.5 Å². The average molecular weight is 368 g/mol. The van der Waals surface area contributed by atoms with E-state index in [1.807, 2.05) is 55.5 Å². The molecular weight excluding hydrogens is 340 g/mol. The number of nitrogens with one attached hydrogen (secondary N) is 2. The lowest BCUT2D eigenvalue weighted by Crippen LogP contribution is -2.35. The molecule has 2 N–H and O–H groups in total. The van der Waals surface area contributed by atoms with Gasteiger partial charge >= 0.3 is 0 Å². The molecule has 1 aliphatic carbocycles. The summed E-state index contributed by atoms with van der Waals surface area (Å²) in [5, 5.41) is 6.15. The minimum Gasteiger partial charge on any atom is -0.493 e. The summed E-state index contributed by atoms with van der Waals surface area (Å²) in [5.41, 5.74) is 2.11. The topological polar surface area (TPSA) is 59.6 Å². The van der Waals surface area contributed by atoms with Crippen LogP contribution in [0.15, 0.2) is 48.5 Å². The molecule has 0 bridgehead atoms. The molecule has 1 saturated carbocycles. The Balaban J connectivity index is 1.40. The molecule has 144 valence electrons. The number of rotatable bonds is 10. The predicted molar refractivity (Wildman–Crippen MR) is 107 cm³/mol. The molecule has 5 nitrogen and oxygen atoms in total. The SMILES string of the molecule is CC(=O)N[C@@H](C)CNc1ccc(OCc2ccc(OCC3CC3)cc2)cc1. The fourth-order valence-electron chi connectivity index (χ4n) is 2.69. The van der Waals surface area contributed by atoms with Crippen LogP contribution in [0.25, 0.3) is 0 Å². The standard InChI is InChI=1S/C22H28N2O3/c1-16(24-17(2)25)13-23-20-7-11-22(12-8-20)27-15-19-5-9-21(10-6-19)26-14-18-3-4-18/h5-12,16,18,23H,3-4,13-15H2,1-2H3,(H,24,25)/t16-/m0/s1. The Morgan fingerprint density at radius 1 is 1.04 bits per heavy atom. The van der Waals surface area contributed by atoms with E-state index in [2.05, 4.69) is 10.6 Å². The minimum absolute atomic E-state index is 0.0180. The van der Waals surface area contributed by atoms with Gasteiger partial charge in [-0.1, -0.05) is 12.1 Å². The number of hydrogen-bond donors (Lipinski definition) is 2.